The first-order chi connectivity index (χ1) is 18.4. The summed E-state index contributed by atoms with van der Waals surface area (Å²) >= 11 is 0. The van der Waals surface area contributed by atoms with Crippen molar-refractivity contribution in [1.82, 2.24) is 14.5 Å². The van der Waals surface area contributed by atoms with E-state index in [-0.39, 0.29) is 0 Å². The summed E-state index contributed by atoms with van der Waals surface area (Å²) in [6.45, 7) is 0. The quantitative estimate of drug-likeness (QED) is 0.256. The van der Waals surface area contributed by atoms with Crippen LogP contribution in [0.25, 0.3) is 61.4 Å². The minimum Gasteiger partial charge on any atom is -0.305 e. The van der Waals surface area contributed by atoms with Crippen molar-refractivity contribution in [2.45, 2.75) is 0 Å². The Morgan fingerprint density at radius 1 is 0.378 bits per heavy atom. The predicted octanol–water partition coefficient (Wildman–Crippen LogP) is 8.57. The number of nitrogens with zero attached hydrogens (tertiary/aromatic N) is 3. The monoisotopic (exact) mass is 473 g/mol. The van der Waals surface area contributed by atoms with Gasteiger partial charge in [0.25, 0.3) is 0 Å². The molecular weight excluding hydrogens is 450 g/mol. The molecule has 0 radical (unpaired) electrons. The summed E-state index contributed by atoms with van der Waals surface area (Å²) < 4.78 is 2.34. The Bertz CT molecular complexity index is 1740. The Hall–Kier alpha value is -5.02. The lowest BCUT2D eigenvalue weighted by Gasteiger charge is -2.19. The Morgan fingerprint density at radius 2 is 0.757 bits per heavy atom. The van der Waals surface area contributed by atoms with E-state index in [1.54, 1.807) is 0 Å². The highest BCUT2D eigenvalue weighted by Crippen LogP contribution is 2.40. The molecule has 0 atom stereocenters. The van der Waals surface area contributed by atoms with Crippen molar-refractivity contribution in [3.8, 4) is 39.6 Å². The highest BCUT2D eigenvalue weighted by Gasteiger charge is 2.23. The average molecular weight is 474 g/mol. The molecule has 0 saturated heterocycles. The van der Waals surface area contributed by atoms with Crippen LogP contribution >= 0.6 is 0 Å². The van der Waals surface area contributed by atoms with Crippen LogP contribution in [0.3, 0.4) is 0 Å². The van der Waals surface area contributed by atoms with Gasteiger partial charge in [-0.05, 0) is 12.1 Å². The third kappa shape index (κ3) is 3.60. The fourth-order valence-electron chi connectivity index (χ4n) is 5.14. The topological polar surface area (TPSA) is 30.7 Å². The fourth-order valence-corrected chi connectivity index (χ4v) is 5.14. The molecule has 3 heteroatoms. The number of hydrogen-bond donors (Lipinski definition) is 0. The second kappa shape index (κ2) is 8.89. The van der Waals surface area contributed by atoms with Crippen molar-refractivity contribution in [2.75, 3.05) is 0 Å². The lowest BCUT2D eigenvalue weighted by Crippen LogP contribution is -2.06. The van der Waals surface area contributed by atoms with Crippen molar-refractivity contribution >= 4 is 21.8 Å². The number of para-hydroxylation sites is 2. The van der Waals surface area contributed by atoms with Crippen LogP contribution in [0.5, 0.6) is 0 Å². The fraction of sp³-hybridized carbons (Fsp3) is 0. The molecule has 0 aliphatic rings. The molecule has 0 N–H and O–H groups in total. The molecule has 0 unspecified atom stereocenters. The maximum atomic E-state index is 5.24. The Kier molecular flexibility index (Phi) is 5.11. The second-order valence-electron chi connectivity index (χ2n) is 9.06. The molecule has 7 rings (SSSR count). The van der Waals surface area contributed by atoms with Gasteiger partial charge in [0.05, 0.1) is 28.1 Å². The van der Waals surface area contributed by atoms with E-state index in [0.717, 1.165) is 44.8 Å². The molecule has 0 saturated carbocycles. The molecule has 174 valence electrons. The van der Waals surface area contributed by atoms with Crippen LogP contribution in [-0.4, -0.2) is 14.5 Å². The summed E-state index contributed by atoms with van der Waals surface area (Å²) in [5.74, 6) is 0.711. The van der Waals surface area contributed by atoms with Gasteiger partial charge in [0, 0.05) is 27.5 Å². The molecular formula is C34H23N3. The van der Waals surface area contributed by atoms with Crippen LogP contribution in [0, 0.1) is 0 Å². The predicted molar refractivity (Wildman–Crippen MR) is 153 cm³/mol. The molecule has 2 aromatic heterocycles. The van der Waals surface area contributed by atoms with Crippen LogP contribution in [0.15, 0.2) is 140 Å². The van der Waals surface area contributed by atoms with E-state index in [9.17, 15) is 0 Å². The normalized spacial score (nSPS) is 11.2. The number of hydrogen-bond acceptors (Lipinski definition) is 2. The summed E-state index contributed by atoms with van der Waals surface area (Å²) in [5, 5.41) is 2.42. The second-order valence-corrected chi connectivity index (χ2v) is 9.06. The number of aromatic nitrogens is 3. The smallest absolute Gasteiger partial charge is 0.160 e. The van der Waals surface area contributed by atoms with Gasteiger partial charge in [0.15, 0.2) is 5.82 Å². The minimum absolute atomic E-state index is 0.711. The summed E-state index contributed by atoms with van der Waals surface area (Å²) in [7, 11) is 0. The molecule has 0 aliphatic heterocycles. The van der Waals surface area contributed by atoms with Gasteiger partial charge >= 0.3 is 0 Å². The van der Waals surface area contributed by atoms with E-state index in [2.05, 4.69) is 114 Å². The molecule has 2 heterocycles. The van der Waals surface area contributed by atoms with Gasteiger partial charge in [-0.1, -0.05) is 127 Å². The van der Waals surface area contributed by atoms with Crippen LogP contribution in [-0.2, 0) is 0 Å². The van der Waals surface area contributed by atoms with E-state index >= 15 is 0 Å². The lowest BCUT2D eigenvalue weighted by atomic mass is 10.0. The SMILES string of the molecule is c1ccc(-c2nc(-c3ccccc3)c(-n3c4ccccc4c4ccccc43)c(-c3ccccc3)n2)cc1. The van der Waals surface area contributed by atoms with E-state index in [1.165, 1.54) is 10.8 Å². The van der Waals surface area contributed by atoms with Crippen LogP contribution < -0.4 is 0 Å². The molecule has 0 bridgehead atoms. The molecule has 0 amide bonds. The zero-order valence-corrected chi connectivity index (χ0v) is 20.1. The maximum Gasteiger partial charge on any atom is 0.160 e. The summed E-state index contributed by atoms with van der Waals surface area (Å²) in [5.41, 5.74) is 8.15. The van der Waals surface area contributed by atoms with Gasteiger partial charge < -0.3 is 4.57 Å². The zero-order chi connectivity index (χ0) is 24.6. The molecule has 5 aromatic carbocycles. The third-order valence-electron chi connectivity index (χ3n) is 6.81. The molecule has 37 heavy (non-hydrogen) atoms. The van der Waals surface area contributed by atoms with Gasteiger partial charge in [-0.3, -0.25) is 0 Å². The first-order valence-electron chi connectivity index (χ1n) is 12.5. The molecule has 3 nitrogen and oxygen atoms in total. The van der Waals surface area contributed by atoms with E-state index in [0.29, 0.717) is 5.82 Å². The Labute approximate surface area is 215 Å². The highest BCUT2D eigenvalue weighted by molar-refractivity contribution is 6.10. The summed E-state index contributed by atoms with van der Waals surface area (Å²) in [4.78, 5) is 10.5. The van der Waals surface area contributed by atoms with E-state index < -0.39 is 0 Å². The van der Waals surface area contributed by atoms with Crippen LogP contribution in [0.2, 0.25) is 0 Å². The Balaban J connectivity index is 1.68. The van der Waals surface area contributed by atoms with Crippen LogP contribution in [0.4, 0.5) is 0 Å². The highest BCUT2D eigenvalue weighted by atomic mass is 15.0. The molecule has 0 spiro atoms. The van der Waals surface area contributed by atoms with Crippen molar-refractivity contribution in [3.63, 3.8) is 0 Å². The van der Waals surface area contributed by atoms with Gasteiger partial charge in [0.2, 0.25) is 0 Å². The van der Waals surface area contributed by atoms with Crippen molar-refractivity contribution in [3.05, 3.63) is 140 Å². The summed E-state index contributed by atoms with van der Waals surface area (Å²) in [6, 6.07) is 48.2. The number of benzene rings is 5. The number of rotatable bonds is 4. The van der Waals surface area contributed by atoms with Crippen molar-refractivity contribution < 1.29 is 0 Å². The molecule has 0 aliphatic carbocycles. The van der Waals surface area contributed by atoms with Crippen LogP contribution in [0.1, 0.15) is 0 Å². The minimum atomic E-state index is 0.711. The maximum absolute atomic E-state index is 5.24. The standard InChI is InChI=1S/C34H23N3/c1-4-14-24(15-5-1)31-33(37-29-22-12-10-20-27(29)28-21-11-13-23-30(28)37)32(25-16-6-2-7-17-25)36-34(35-31)26-18-8-3-9-19-26/h1-23H. The summed E-state index contributed by atoms with van der Waals surface area (Å²) in [6.07, 6.45) is 0. The third-order valence-corrected chi connectivity index (χ3v) is 6.81. The average Bonchev–Trinajstić information content (AvgIpc) is 3.32. The molecule has 7 aromatic rings. The van der Waals surface area contributed by atoms with Crippen molar-refractivity contribution in [2.24, 2.45) is 0 Å². The van der Waals surface area contributed by atoms with E-state index in [1.807, 2.05) is 30.3 Å². The molecule has 0 fully saturated rings. The first-order valence-corrected chi connectivity index (χ1v) is 12.5. The van der Waals surface area contributed by atoms with E-state index in [4.69, 9.17) is 9.97 Å². The lowest BCUT2D eigenvalue weighted by molar-refractivity contribution is 1.09. The van der Waals surface area contributed by atoms with Gasteiger partial charge in [0.1, 0.15) is 0 Å². The van der Waals surface area contributed by atoms with Gasteiger partial charge in [-0.25, -0.2) is 9.97 Å². The number of fused-ring (bicyclic) bond motifs is 3. The van der Waals surface area contributed by atoms with Gasteiger partial charge in [-0.15, -0.1) is 0 Å². The van der Waals surface area contributed by atoms with Crippen molar-refractivity contribution in [1.29, 1.82) is 0 Å². The van der Waals surface area contributed by atoms with Gasteiger partial charge in [-0.2, -0.15) is 0 Å². The zero-order valence-electron chi connectivity index (χ0n) is 20.1. The first kappa shape index (κ1) is 21.3. The largest absolute Gasteiger partial charge is 0.305 e. The Morgan fingerprint density at radius 3 is 1.22 bits per heavy atom.